The molecule has 1 aromatic heterocycles. The Morgan fingerprint density at radius 3 is 2.63 bits per heavy atom. The molecule has 0 N–H and O–H groups in total. The summed E-state index contributed by atoms with van der Waals surface area (Å²) in [4.78, 5) is 9.87. The molecule has 0 saturated carbocycles. The van der Waals surface area contributed by atoms with Crippen molar-refractivity contribution in [1.29, 1.82) is 0 Å². The largest absolute Gasteiger partial charge is 0.373 e. The van der Waals surface area contributed by atoms with E-state index in [1.807, 2.05) is 0 Å². The molecule has 1 spiro atoms. The molecule has 4 nitrogen and oxygen atoms in total. The Labute approximate surface area is 168 Å². The van der Waals surface area contributed by atoms with Crippen LogP contribution in [0.3, 0.4) is 0 Å². The van der Waals surface area contributed by atoms with Gasteiger partial charge in [0.05, 0.1) is 17.6 Å². The van der Waals surface area contributed by atoms with Gasteiger partial charge in [0.15, 0.2) is 0 Å². The highest BCUT2D eigenvalue weighted by molar-refractivity contribution is 9.10. The standard InChI is InChI=1S/C22H25BrN4/c1-25-15-22(17-13-16(23)7-8-19(17)25)9-11-27(12-10-22)14-21-24-18-5-3-4-6-20(18)26(21)2/h3-8,13H,9-12,14-15H2,1-2H3. The highest BCUT2D eigenvalue weighted by Gasteiger charge is 2.43. The third kappa shape index (κ3) is 2.79. The zero-order valence-electron chi connectivity index (χ0n) is 16.0. The van der Waals surface area contributed by atoms with Gasteiger partial charge in [0.25, 0.3) is 0 Å². The molecule has 1 fully saturated rings. The minimum atomic E-state index is 0.302. The number of aromatic nitrogens is 2. The molecule has 0 unspecified atom stereocenters. The summed E-state index contributed by atoms with van der Waals surface area (Å²) in [5.74, 6) is 1.17. The van der Waals surface area contributed by atoms with E-state index in [4.69, 9.17) is 4.98 Å². The Balaban J connectivity index is 1.35. The van der Waals surface area contributed by atoms with Gasteiger partial charge >= 0.3 is 0 Å². The Hall–Kier alpha value is -1.85. The molecule has 3 heterocycles. The summed E-state index contributed by atoms with van der Waals surface area (Å²) in [7, 11) is 4.36. The van der Waals surface area contributed by atoms with Gasteiger partial charge < -0.3 is 9.47 Å². The van der Waals surface area contributed by atoms with E-state index in [1.54, 1.807) is 0 Å². The van der Waals surface area contributed by atoms with Crippen LogP contribution in [0.15, 0.2) is 46.9 Å². The number of para-hydroxylation sites is 2. The molecule has 0 bridgehead atoms. The van der Waals surface area contributed by atoms with E-state index in [0.29, 0.717) is 5.41 Å². The van der Waals surface area contributed by atoms with Gasteiger partial charge in [-0.15, -0.1) is 0 Å². The summed E-state index contributed by atoms with van der Waals surface area (Å²) in [6.07, 6.45) is 2.43. The SMILES string of the molecule is CN1CC2(CCN(Cc3nc4ccccc4n3C)CC2)c2cc(Br)ccc21. The summed E-state index contributed by atoms with van der Waals surface area (Å²) < 4.78 is 3.44. The lowest BCUT2D eigenvalue weighted by atomic mass is 9.74. The fourth-order valence-corrected chi connectivity index (χ4v) is 5.35. The number of likely N-dealkylation sites (N-methyl/N-ethyl adjacent to an activating group) is 1. The van der Waals surface area contributed by atoms with E-state index >= 15 is 0 Å². The van der Waals surface area contributed by atoms with Crippen molar-refractivity contribution in [1.82, 2.24) is 14.5 Å². The van der Waals surface area contributed by atoms with E-state index < -0.39 is 0 Å². The van der Waals surface area contributed by atoms with Gasteiger partial charge in [-0.05, 0) is 61.8 Å². The second-order valence-electron chi connectivity index (χ2n) is 8.15. The molecule has 140 valence electrons. The Bertz CT molecular complexity index is 1000. The van der Waals surface area contributed by atoms with Crippen LogP contribution in [0.25, 0.3) is 11.0 Å². The number of benzene rings is 2. The van der Waals surface area contributed by atoms with Crippen LogP contribution in [0.1, 0.15) is 24.2 Å². The zero-order valence-corrected chi connectivity index (χ0v) is 17.5. The minimum absolute atomic E-state index is 0.302. The molecule has 0 atom stereocenters. The normalized spacial score (nSPS) is 19.1. The fraction of sp³-hybridized carbons (Fsp3) is 0.409. The van der Waals surface area contributed by atoms with Crippen molar-refractivity contribution in [2.75, 3.05) is 31.6 Å². The van der Waals surface area contributed by atoms with Crippen molar-refractivity contribution in [2.45, 2.75) is 24.8 Å². The van der Waals surface area contributed by atoms with Crippen molar-refractivity contribution >= 4 is 32.7 Å². The van der Waals surface area contributed by atoms with Gasteiger partial charge in [-0.25, -0.2) is 4.98 Å². The van der Waals surface area contributed by atoms with Crippen molar-refractivity contribution in [2.24, 2.45) is 7.05 Å². The first-order chi connectivity index (χ1) is 13.1. The second-order valence-corrected chi connectivity index (χ2v) is 9.07. The van der Waals surface area contributed by atoms with Gasteiger partial charge in [0.1, 0.15) is 5.82 Å². The van der Waals surface area contributed by atoms with Gasteiger partial charge in [-0.3, -0.25) is 4.90 Å². The first-order valence-corrected chi connectivity index (χ1v) is 10.5. The number of halogens is 1. The molecule has 2 aliphatic heterocycles. The molecule has 3 aromatic rings. The number of imidazole rings is 1. The maximum absolute atomic E-state index is 4.86. The summed E-state index contributed by atoms with van der Waals surface area (Å²) in [5.41, 5.74) is 5.55. The quantitative estimate of drug-likeness (QED) is 0.611. The molecule has 0 amide bonds. The number of fused-ring (bicyclic) bond motifs is 3. The van der Waals surface area contributed by atoms with Gasteiger partial charge in [-0.2, -0.15) is 0 Å². The molecule has 1 saturated heterocycles. The number of aryl methyl sites for hydroxylation is 1. The smallest absolute Gasteiger partial charge is 0.123 e. The average molecular weight is 425 g/mol. The lowest BCUT2D eigenvalue weighted by molar-refractivity contribution is 0.156. The lowest BCUT2D eigenvalue weighted by Crippen LogP contribution is -2.44. The van der Waals surface area contributed by atoms with Crippen LogP contribution >= 0.6 is 15.9 Å². The molecule has 5 heteroatoms. The average Bonchev–Trinajstić information content (AvgIpc) is 3.12. The predicted octanol–water partition coefficient (Wildman–Crippen LogP) is 4.32. The van der Waals surface area contributed by atoms with E-state index in [-0.39, 0.29) is 0 Å². The van der Waals surface area contributed by atoms with Crippen molar-refractivity contribution in [3.8, 4) is 0 Å². The fourth-order valence-electron chi connectivity index (χ4n) is 4.99. The molecule has 2 aliphatic rings. The van der Waals surface area contributed by atoms with Crippen LogP contribution in [0, 0.1) is 0 Å². The van der Waals surface area contributed by atoms with Gasteiger partial charge in [0, 0.05) is 36.2 Å². The number of likely N-dealkylation sites (tertiary alicyclic amines) is 1. The Morgan fingerprint density at radius 1 is 1.07 bits per heavy atom. The number of hydrogen-bond acceptors (Lipinski definition) is 3. The van der Waals surface area contributed by atoms with Crippen LogP contribution in [0.4, 0.5) is 5.69 Å². The maximum atomic E-state index is 4.86. The molecular weight excluding hydrogens is 400 g/mol. The Morgan fingerprint density at radius 2 is 1.85 bits per heavy atom. The number of hydrogen-bond donors (Lipinski definition) is 0. The molecule has 2 aromatic carbocycles. The summed E-state index contributed by atoms with van der Waals surface area (Å²) >= 11 is 3.68. The highest BCUT2D eigenvalue weighted by Crippen LogP contribution is 2.47. The van der Waals surface area contributed by atoms with Crippen LogP contribution in [0.5, 0.6) is 0 Å². The van der Waals surface area contributed by atoms with Crippen molar-refractivity contribution < 1.29 is 0 Å². The summed E-state index contributed by atoms with van der Waals surface area (Å²) in [6, 6.07) is 15.2. The third-order valence-corrected chi connectivity index (χ3v) is 7.03. The van der Waals surface area contributed by atoms with Crippen molar-refractivity contribution in [3.05, 3.63) is 58.3 Å². The van der Waals surface area contributed by atoms with Crippen LogP contribution in [-0.2, 0) is 19.0 Å². The predicted molar refractivity (Wildman–Crippen MR) is 114 cm³/mol. The highest BCUT2D eigenvalue weighted by atomic mass is 79.9. The second kappa shape index (κ2) is 6.35. The number of rotatable bonds is 2. The number of piperidine rings is 1. The van der Waals surface area contributed by atoms with Gasteiger partial charge in [0.2, 0.25) is 0 Å². The lowest BCUT2D eigenvalue weighted by Gasteiger charge is -2.39. The minimum Gasteiger partial charge on any atom is -0.373 e. The first kappa shape index (κ1) is 17.3. The van der Waals surface area contributed by atoms with E-state index in [2.05, 4.69) is 86.9 Å². The molecule has 27 heavy (non-hydrogen) atoms. The van der Waals surface area contributed by atoms with Crippen LogP contribution < -0.4 is 4.90 Å². The molecule has 5 rings (SSSR count). The first-order valence-electron chi connectivity index (χ1n) is 9.70. The van der Waals surface area contributed by atoms with E-state index in [0.717, 1.165) is 31.7 Å². The maximum Gasteiger partial charge on any atom is 0.123 e. The van der Waals surface area contributed by atoms with Crippen molar-refractivity contribution in [3.63, 3.8) is 0 Å². The topological polar surface area (TPSA) is 24.3 Å². The molecular formula is C22H25BrN4. The van der Waals surface area contributed by atoms with Crippen LogP contribution in [-0.4, -0.2) is 41.1 Å². The monoisotopic (exact) mass is 424 g/mol. The number of anilines is 1. The molecule has 0 aliphatic carbocycles. The molecule has 0 radical (unpaired) electrons. The van der Waals surface area contributed by atoms with Gasteiger partial charge in [-0.1, -0.05) is 28.1 Å². The van der Waals surface area contributed by atoms with Crippen LogP contribution in [0.2, 0.25) is 0 Å². The summed E-state index contributed by atoms with van der Waals surface area (Å²) in [5, 5.41) is 0. The zero-order chi connectivity index (χ0) is 18.6. The Kier molecular flexibility index (Phi) is 4.06. The number of nitrogens with zero attached hydrogens (tertiary/aromatic N) is 4. The summed E-state index contributed by atoms with van der Waals surface area (Å²) in [6.45, 7) is 4.33. The van der Waals surface area contributed by atoms with E-state index in [9.17, 15) is 0 Å². The van der Waals surface area contributed by atoms with E-state index in [1.165, 1.54) is 39.9 Å². The third-order valence-electron chi connectivity index (χ3n) is 6.54.